The van der Waals surface area contributed by atoms with Crippen LogP contribution in [0, 0.1) is 34.0 Å². The Balaban J connectivity index is 1.59. The van der Waals surface area contributed by atoms with Gasteiger partial charge < -0.3 is 24.1 Å². The second-order valence-corrected chi connectivity index (χ2v) is 10.2. The van der Waals surface area contributed by atoms with Crippen molar-refractivity contribution in [1.82, 2.24) is 0 Å². The molecule has 166 valence electrons. The highest BCUT2D eigenvalue weighted by Gasteiger charge is 2.83. The van der Waals surface area contributed by atoms with Crippen LogP contribution in [0.1, 0.15) is 33.6 Å². The van der Waals surface area contributed by atoms with Crippen LogP contribution in [0.2, 0.25) is 0 Å². The molecule has 2 saturated carbocycles. The highest BCUT2D eigenvalue weighted by atomic mass is 16.8. The fraction of sp³-hybridized carbons (Fsp3) is 0.727. The van der Waals surface area contributed by atoms with E-state index in [1.165, 1.54) is 6.92 Å². The molecule has 9 nitrogen and oxygen atoms in total. The number of allylic oxidation sites excluding steroid dienone is 1. The first kappa shape index (κ1) is 19.4. The first-order valence-electron chi connectivity index (χ1n) is 10.7. The average molecular weight is 432 g/mol. The molecule has 10 unspecified atom stereocenters. The second kappa shape index (κ2) is 5.56. The summed E-state index contributed by atoms with van der Waals surface area (Å²) < 4.78 is 21.8. The monoisotopic (exact) mass is 432 g/mol. The zero-order chi connectivity index (χ0) is 22.1. The van der Waals surface area contributed by atoms with E-state index in [2.05, 4.69) is 0 Å². The second-order valence-electron chi connectivity index (χ2n) is 10.2. The maximum absolute atomic E-state index is 13.7. The van der Waals surface area contributed by atoms with E-state index in [0.717, 1.165) is 0 Å². The molecule has 6 aliphatic rings. The highest BCUT2D eigenvalue weighted by Crippen LogP contribution is 2.73. The Bertz CT molecular complexity index is 985. The number of aliphatic hydroxyl groups is 1. The van der Waals surface area contributed by atoms with E-state index in [0.29, 0.717) is 12.0 Å². The highest BCUT2D eigenvalue weighted by molar-refractivity contribution is 6.08. The van der Waals surface area contributed by atoms with Crippen LogP contribution < -0.4 is 0 Å². The van der Waals surface area contributed by atoms with Crippen LogP contribution in [-0.4, -0.2) is 60.0 Å². The number of esters is 3. The van der Waals surface area contributed by atoms with Crippen LogP contribution in [0.25, 0.3) is 0 Å². The van der Waals surface area contributed by atoms with Crippen molar-refractivity contribution in [3.8, 4) is 0 Å². The first-order chi connectivity index (χ1) is 14.6. The lowest BCUT2D eigenvalue weighted by Gasteiger charge is -2.66. The van der Waals surface area contributed by atoms with Gasteiger partial charge >= 0.3 is 17.9 Å². The quantitative estimate of drug-likeness (QED) is 0.269. The van der Waals surface area contributed by atoms with Gasteiger partial charge in [0.05, 0.1) is 5.41 Å². The Kier molecular flexibility index (Phi) is 3.48. The molecule has 5 fully saturated rings. The summed E-state index contributed by atoms with van der Waals surface area (Å²) in [5.41, 5.74) is -3.01. The molecule has 0 aromatic carbocycles. The molecule has 3 aliphatic carbocycles. The number of ether oxygens (including phenoxy) is 4. The van der Waals surface area contributed by atoms with Gasteiger partial charge in [-0.1, -0.05) is 19.9 Å². The number of ketones is 1. The van der Waals surface area contributed by atoms with Crippen LogP contribution in [0.15, 0.2) is 11.6 Å². The third-order valence-electron chi connectivity index (χ3n) is 9.13. The molecule has 0 radical (unpaired) electrons. The van der Waals surface area contributed by atoms with Crippen LogP contribution in [0.4, 0.5) is 0 Å². The molecule has 2 spiro atoms. The van der Waals surface area contributed by atoms with Gasteiger partial charge in [0.1, 0.15) is 24.9 Å². The largest absolute Gasteiger partial charge is 0.461 e. The number of fused-ring (bicyclic) bond motifs is 3. The first-order valence-corrected chi connectivity index (χ1v) is 10.7. The summed E-state index contributed by atoms with van der Waals surface area (Å²) in [6, 6.07) is 0. The molecule has 0 amide bonds. The third-order valence-corrected chi connectivity index (χ3v) is 9.13. The summed E-state index contributed by atoms with van der Waals surface area (Å²) in [6.07, 6.45) is -1.46. The van der Waals surface area contributed by atoms with Gasteiger partial charge in [-0.15, -0.1) is 0 Å². The number of cyclic esters (lactones) is 1. The fourth-order valence-electron chi connectivity index (χ4n) is 7.74. The number of rotatable bonds is 1. The Labute approximate surface area is 178 Å². The smallest absolute Gasteiger partial charge is 0.334 e. The molecule has 1 N–H and O–H groups in total. The molecule has 0 bridgehead atoms. The molecule has 6 rings (SSSR count). The normalized spacial score (nSPS) is 53.7. The van der Waals surface area contributed by atoms with E-state index in [9.17, 15) is 24.3 Å². The molecule has 9 heteroatoms. The molecule has 0 aromatic heterocycles. The van der Waals surface area contributed by atoms with Crippen molar-refractivity contribution in [1.29, 1.82) is 0 Å². The van der Waals surface area contributed by atoms with E-state index in [4.69, 9.17) is 18.9 Å². The zero-order valence-corrected chi connectivity index (χ0v) is 17.5. The average Bonchev–Trinajstić information content (AvgIpc) is 3.29. The zero-order valence-electron chi connectivity index (χ0n) is 17.5. The SMILES string of the molecule is CC(=O)OC1C(C)C2(C)CC(=O)C3(C(=O)OC4OC43)C3CC=C4C(=O)OCC4(C1O)C32. The van der Waals surface area contributed by atoms with Crippen molar-refractivity contribution in [3.05, 3.63) is 11.6 Å². The predicted molar refractivity (Wildman–Crippen MR) is 98.7 cm³/mol. The van der Waals surface area contributed by atoms with Crippen molar-refractivity contribution in [3.63, 3.8) is 0 Å². The lowest BCUT2D eigenvalue weighted by atomic mass is 9.36. The van der Waals surface area contributed by atoms with E-state index >= 15 is 0 Å². The molecule has 3 aliphatic heterocycles. The Morgan fingerprint density at radius 2 is 2.03 bits per heavy atom. The Hall–Kier alpha value is -2.26. The summed E-state index contributed by atoms with van der Waals surface area (Å²) >= 11 is 0. The molecule has 3 heterocycles. The lowest BCUT2D eigenvalue weighted by molar-refractivity contribution is -0.243. The van der Waals surface area contributed by atoms with Gasteiger partial charge in [-0.25, -0.2) is 4.79 Å². The van der Waals surface area contributed by atoms with Gasteiger partial charge in [0, 0.05) is 24.8 Å². The van der Waals surface area contributed by atoms with Crippen molar-refractivity contribution in [2.24, 2.45) is 34.0 Å². The van der Waals surface area contributed by atoms with Gasteiger partial charge in [-0.3, -0.25) is 14.4 Å². The van der Waals surface area contributed by atoms with E-state index in [1.54, 1.807) is 6.08 Å². The van der Waals surface area contributed by atoms with Gasteiger partial charge in [0.25, 0.3) is 0 Å². The van der Waals surface area contributed by atoms with Gasteiger partial charge in [-0.05, 0) is 23.7 Å². The van der Waals surface area contributed by atoms with Crippen LogP contribution >= 0.6 is 0 Å². The van der Waals surface area contributed by atoms with Gasteiger partial charge in [-0.2, -0.15) is 0 Å². The van der Waals surface area contributed by atoms with Crippen molar-refractivity contribution in [2.75, 3.05) is 6.61 Å². The van der Waals surface area contributed by atoms with E-state index < -0.39 is 76.5 Å². The number of aliphatic hydroxyl groups excluding tert-OH is 1. The van der Waals surface area contributed by atoms with Crippen LogP contribution in [-0.2, 0) is 38.1 Å². The van der Waals surface area contributed by atoms with Gasteiger partial charge in [0.2, 0.25) is 6.29 Å². The summed E-state index contributed by atoms with van der Waals surface area (Å²) in [4.78, 5) is 51.2. The fourth-order valence-corrected chi connectivity index (χ4v) is 7.74. The molecule has 0 aromatic rings. The third kappa shape index (κ3) is 1.92. The lowest BCUT2D eigenvalue weighted by Crippen LogP contribution is -2.73. The summed E-state index contributed by atoms with van der Waals surface area (Å²) in [7, 11) is 0. The number of hydrogen-bond acceptors (Lipinski definition) is 9. The number of hydrogen-bond donors (Lipinski definition) is 1. The van der Waals surface area contributed by atoms with Crippen molar-refractivity contribution < 1.29 is 43.2 Å². The number of Topliss-reactive ketones (excluding diaryl/α,β-unsaturated/α-hetero) is 1. The minimum Gasteiger partial charge on any atom is -0.461 e. The molecular formula is C22H24O9. The molecule has 3 saturated heterocycles. The number of epoxide rings is 1. The maximum atomic E-state index is 13.7. The summed E-state index contributed by atoms with van der Waals surface area (Å²) in [5, 5.41) is 11.6. The Morgan fingerprint density at radius 3 is 2.68 bits per heavy atom. The minimum absolute atomic E-state index is 0.0325. The number of carbonyl (C=O) groups is 4. The van der Waals surface area contributed by atoms with Crippen molar-refractivity contribution in [2.45, 2.75) is 58.2 Å². The number of carbonyl (C=O) groups excluding carboxylic acids is 4. The molecular weight excluding hydrogens is 408 g/mol. The van der Waals surface area contributed by atoms with Crippen LogP contribution in [0.5, 0.6) is 0 Å². The topological polar surface area (TPSA) is 129 Å². The predicted octanol–water partition coefficient (Wildman–Crippen LogP) is 0.282. The minimum atomic E-state index is -1.44. The standard InChI is InChI=1S/C22H24O9/c1-8-13(29-9(2)23)15(25)21-7-28-17(26)11(21)5-4-10-14(21)20(8,3)6-12(24)22(10)16-18(30-16)31-19(22)27/h5,8,10,13-16,18,25H,4,6-7H2,1-3H3. The van der Waals surface area contributed by atoms with Crippen LogP contribution in [0.3, 0.4) is 0 Å². The summed E-state index contributed by atoms with van der Waals surface area (Å²) in [6.45, 7) is 4.96. The molecule has 10 atom stereocenters. The van der Waals surface area contributed by atoms with Crippen molar-refractivity contribution >= 4 is 23.7 Å². The van der Waals surface area contributed by atoms with E-state index in [1.807, 2.05) is 13.8 Å². The summed E-state index contributed by atoms with van der Waals surface area (Å²) in [5.74, 6) is -3.23. The van der Waals surface area contributed by atoms with Gasteiger partial charge in [0.15, 0.2) is 11.2 Å². The maximum Gasteiger partial charge on any atom is 0.334 e. The van der Waals surface area contributed by atoms with E-state index in [-0.39, 0.29) is 18.8 Å². The molecule has 31 heavy (non-hydrogen) atoms. The Morgan fingerprint density at radius 1 is 1.29 bits per heavy atom.